The van der Waals surface area contributed by atoms with Crippen LogP contribution in [0.3, 0.4) is 0 Å². The highest BCUT2D eigenvalue weighted by molar-refractivity contribution is 6.62. The van der Waals surface area contributed by atoms with E-state index in [0.29, 0.717) is 6.54 Å². The normalized spacial score (nSPS) is 17.7. The minimum Gasteiger partial charge on any atom is -0.318 e. The highest BCUT2D eigenvalue weighted by Crippen LogP contribution is 2.35. The lowest BCUT2D eigenvalue weighted by Crippen LogP contribution is -2.37. The monoisotopic (exact) mass is 289 g/mol. The zero-order chi connectivity index (χ0) is 14.1. The van der Waals surface area contributed by atoms with Gasteiger partial charge in [-0.05, 0) is 46.8 Å². The summed E-state index contributed by atoms with van der Waals surface area (Å²) in [5.41, 5.74) is 3.13. The van der Waals surface area contributed by atoms with Gasteiger partial charge in [0.25, 0.3) is 0 Å². The third kappa shape index (κ3) is 2.29. The number of amides is 1. The quantitative estimate of drug-likeness (QED) is 0.571. The van der Waals surface area contributed by atoms with Crippen LogP contribution in [0.25, 0.3) is 0 Å². The second-order valence-electron chi connectivity index (χ2n) is 4.85. The first kappa shape index (κ1) is 13.1. The van der Waals surface area contributed by atoms with Crippen LogP contribution < -0.4 is 0 Å². The lowest BCUT2D eigenvalue weighted by Gasteiger charge is -2.36. The van der Waals surface area contributed by atoms with Crippen LogP contribution in [-0.4, -0.2) is 16.8 Å². The predicted molar refractivity (Wildman–Crippen MR) is 76.3 cm³/mol. The van der Waals surface area contributed by atoms with Crippen molar-refractivity contribution in [3.8, 4) is 0 Å². The Morgan fingerprint density at radius 1 is 1.15 bits per heavy atom. The summed E-state index contributed by atoms with van der Waals surface area (Å²) in [6, 6.07) is 14.0. The highest BCUT2D eigenvalue weighted by atomic mass is 35.5. The predicted octanol–water partition coefficient (Wildman–Crippen LogP) is 4.13. The molecular weight excluding hydrogens is 277 g/mol. The van der Waals surface area contributed by atoms with Gasteiger partial charge in [0.15, 0.2) is 0 Å². The Labute approximate surface area is 121 Å². The maximum Gasteiger partial charge on any atom is 0.317 e. The summed E-state index contributed by atoms with van der Waals surface area (Å²) in [5.74, 6) is -0.290. The number of hydrogen-bond donors (Lipinski definition) is 0. The molecule has 0 radical (unpaired) electrons. The van der Waals surface area contributed by atoms with Crippen molar-refractivity contribution in [1.82, 2.24) is 4.90 Å². The smallest absolute Gasteiger partial charge is 0.317 e. The molecule has 0 N–H and O–H groups in total. The molecule has 1 atom stereocenters. The fraction of sp³-hybridized carbons (Fsp3) is 0.188. The Hall–Kier alpha value is -1.87. The first-order chi connectivity index (χ1) is 9.66. The van der Waals surface area contributed by atoms with Crippen LogP contribution in [0.15, 0.2) is 48.5 Å². The molecule has 0 fully saturated rings. The fourth-order valence-corrected chi connectivity index (χ4v) is 2.94. The number of carbonyl (C=O) groups is 1. The van der Waals surface area contributed by atoms with Crippen molar-refractivity contribution in [3.63, 3.8) is 0 Å². The van der Waals surface area contributed by atoms with E-state index in [0.717, 1.165) is 17.5 Å². The van der Waals surface area contributed by atoms with Crippen LogP contribution in [0.4, 0.5) is 9.18 Å². The third-order valence-corrected chi connectivity index (χ3v) is 3.91. The van der Waals surface area contributed by atoms with E-state index in [-0.39, 0.29) is 11.9 Å². The van der Waals surface area contributed by atoms with E-state index in [1.165, 1.54) is 17.7 Å². The van der Waals surface area contributed by atoms with Crippen molar-refractivity contribution >= 4 is 17.0 Å². The Balaban J connectivity index is 2.11. The zero-order valence-electron chi connectivity index (χ0n) is 10.7. The van der Waals surface area contributed by atoms with Gasteiger partial charge in [0, 0.05) is 6.54 Å². The van der Waals surface area contributed by atoms with Crippen LogP contribution in [0.5, 0.6) is 0 Å². The summed E-state index contributed by atoms with van der Waals surface area (Å²) in [6.07, 6.45) is 0.784. The van der Waals surface area contributed by atoms with Crippen LogP contribution in [0.2, 0.25) is 0 Å². The van der Waals surface area contributed by atoms with Gasteiger partial charge in [-0.3, -0.25) is 4.79 Å². The molecule has 1 heterocycles. The number of fused-ring (bicyclic) bond motifs is 1. The first-order valence-electron chi connectivity index (χ1n) is 6.46. The van der Waals surface area contributed by atoms with E-state index in [9.17, 15) is 9.18 Å². The SMILES string of the molecule is O=C(Cl)N1CCc2ccccc2[C@@H]1c1ccc(F)cc1. The average Bonchev–Trinajstić information content (AvgIpc) is 2.47. The number of carbonyl (C=O) groups excluding carboxylic acids is 1. The second-order valence-corrected chi connectivity index (χ2v) is 5.17. The molecule has 2 aromatic rings. The van der Waals surface area contributed by atoms with Crippen LogP contribution >= 0.6 is 11.6 Å². The maximum absolute atomic E-state index is 13.1. The number of benzene rings is 2. The van der Waals surface area contributed by atoms with Gasteiger partial charge >= 0.3 is 5.37 Å². The van der Waals surface area contributed by atoms with Crippen molar-refractivity contribution in [3.05, 3.63) is 71.0 Å². The molecule has 2 aromatic carbocycles. The lowest BCUT2D eigenvalue weighted by molar-refractivity contribution is 0.204. The van der Waals surface area contributed by atoms with Crippen LogP contribution in [-0.2, 0) is 6.42 Å². The zero-order valence-corrected chi connectivity index (χ0v) is 11.5. The molecule has 20 heavy (non-hydrogen) atoms. The minimum absolute atomic E-state index is 0.245. The van der Waals surface area contributed by atoms with Crippen molar-refractivity contribution in [2.45, 2.75) is 12.5 Å². The summed E-state index contributed by atoms with van der Waals surface area (Å²) in [5, 5.41) is -0.478. The molecule has 0 aromatic heterocycles. The topological polar surface area (TPSA) is 20.3 Å². The first-order valence-corrected chi connectivity index (χ1v) is 6.84. The van der Waals surface area contributed by atoms with E-state index in [1.807, 2.05) is 18.2 Å². The number of halogens is 2. The lowest BCUT2D eigenvalue weighted by atomic mass is 9.88. The molecule has 102 valence electrons. The van der Waals surface area contributed by atoms with Crippen LogP contribution in [0.1, 0.15) is 22.7 Å². The van der Waals surface area contributed by atoms with Crippen molar-refractivity contribution in [1.29, 1.82) is 0 Å². The molecular formula is C16H13ClFNO. The van der Waals surface area contributed by atoms with Gasteiger partial charge in [-0.1, -0.05) is 36.4 Å². The third-order valence-electron chi connectivity index (χ3n) is 3.69. The molecule has 0 unspecified atom stereocenters. The Morgan fingerprint density at radius 2 is 1.85 bits per heavy atom. The Bertz CT molecular complexity index is 641. The largest absolute Gasteiger partial charge is 0.318 e. The molecule has 0 saturated carbocycles. The van der Waals surface area contributed by atoms with Gasteiger partial charge in [0.2, 0.25) is 0 Å². The number of hydrogen-bond acceptors (Lipinski definition) is 1. The fourth-order valence-electron chi connectivity index (χ4n) is 2.76. The van der Waals surface area contributed by atoms with Crippen molar-refractivity contribution in [2.75, 3.05) is 6.54 Å². The maximum atomic E-state index is 13.1. The van der Waals surface area contributed by atoms with Crippen molar-refractivity contribution < 1.29 is 9.18 Å². The summed E-state index contributed by atoms with van der Waals surface area (Å²) >= 11 is 5.71. The minimum atomic E-state index is -0.478. The van der Waals surface area contributed by atoms with Crippen LogP contribution in [0, 0.1) is 5.82 Å². The van der Waals surface area contributed by atoms with E-state index in [1.54, 1.807) is 17.0 Å². The van der Waals surface area contributed by atoms with Gasteiger partial charge in [-0.2, -0.15) is 0 Å². The van der Waals surface area contributed by atoms with E-state index >= 15 is 0 Å². The summed E-state index contributed by atoms with van der Waals surface area (Å²) < 4.78 is 13.1. The van der Waals surface area contributed by atoms with Gasteiger partial charge < -0.3 is 4.90 Å². The van der Waals surface area contributed by atoms with Gasteiger partial charge in [-0.25, -0.2) is 4.39 Å². The average molecular weight is 290 g/mol. The Morgan fingerprint density at radius 3 is 2.55 bits per heavy atom. The summed E-state index contributed by atoms with van der Waals surface area (Å²) in [6.45, 7) is 0.571. The van der Waals surface area contributed by atoms with E-state index in [4.69, 9.17) is 11.6 Å². The highest BCUT2D eigenvalue weighted by Gasteiger charge is 2.30. The molecule has 2 nitrogen and oxygen atoms in total. The number of nitrogens with zero attached hydrogens (tertiary/aromatic N) is 1. The van der Waals surface area contributed by atoms with Gasteiger partial charge in [-0.15, -0.1) is 0 Å². The molecule has 0 aliphatic carbocycles. The summed E-state index contributed by atoms with van der Waals surface area (Å²) in [7, 11) is 0. The molecule has 1 aliphatic rings. The standard InChI is InChI=1S/C16H13ClFNO/c17-16(20)19-10-9-11-3-1-2-4-14(11)15(19)12-5-7-13(18)8-6-12/h1-8,15H,9-10H2/t15-/m0/s1. The second kappa shape index (κ2) is 5.25. The molecule has 1 aliphatic heterocycles. The van der Waals surface area contributed by atoms with E-state index < -0.39 is 5.37 Å². The van der Waals surface area contributed by atoms with E-state index in [2.05, 4.69) is 6.07 Å². The molecule has 4 heteroatoms. The molecule has 0 saturated heterocycles. The number of rotatable bonds is 1. The van der Waals surface area contributed by atoms with Gasteiger partial charge in [0.1, 0.15) is 5.82 Å². The molecule has 0 bridgehead atoms. The molecule has 1 amide bonds. The molecule has 3 rings (SSSR count). The Kier molecular flexibility index (Phi) is 3.45. The summed E-state index contributed by atoms with van der Waals surface area (Å²) in [4.78, 5) is 13.3. The van der Waals surface area contributed by atoms with Crippen molar-refractivity contribution in [2.24, 2.45) is 0 Å². The van der Waals surface area contributed by atoms with Gasteiger partial charge in [0.05, 0.1) is 6.04 Å². The molecule has 0 spiro atoms.